The fourth-order valence-electron chi connectivity index (χ4n) is 4.25. The van der Waals surface area contributed by atoms with Crippen molar-refractivity contribution in [3.8, 4) is 17.2 Å². The zero-order chi connectivity index (χ0) is 27.4. The number of allylic oxidation sites excluding steroid dienone is 1. The number of thiazole rings is 1. The van der Waals surface area contributed by atoms with Crippen LogP contribution in [0.5, 0.6) is 17.2 Å². The number of para-hydroxylation sites is 1. The van der Waals surface area contributed by atoms with Crippen LogP contribution >= 0.6 is 11.3 Å². The quantitative estimate of drug-likeness (QED) is 0.322. The number of methoxy groups -OCH3 is 1. The molecular weight excluding hydrogens is 508 g/mol. The lowest BCUT2D eigenvalue weighted by molar-refractivity contribution is -0.139. The van der Waals surface area contributed by atoms with E-state index in [1.54, 1.807) is 51.3 Å². The van der Waals surface area contributed by atoms with Crippen molar-refractivity contribution in [1.29, 1.82) is 0 Å². The van der Waals surface area contributed by atoms with Crippen LogP contribution in [0.4, 0.5) is 0 Å². The number of hydrogen-bond acceptors (Lipinski definition) is 9. The van der Waals surface area contributed by atoms with Gasteiger partial charge in [-0.15, -0.1) is 0 Å². The number of benzene rings is 2. The number of ether oxygens (including phenoxy) is 4. The van der Waals surface area contributed by atoms with Crippen molar-refractivity contribution in [2.24, 2.45) is 4.99 Å². The molecule has 3 aromatic rings. The molecule has 0 amide bonds. The van der Waals surface area contributed by atoms with Crippen molar-refractivity contribution < 1.29 is 28.5 Å². The number of aromatic nitrogens is 1. The number of carbonyl (C=O) groups is 2. The van der Waals surface area contributed by atoms with Crippen molar-refractivity contribution in [3.05, 3.63) is 84.5 Å². The molecule has 1 aliphatic rings. The summed E-state index contributed by atoms with van der Waals surface area (Å²) >= 11 is 1.21. The first kappa shape index (κ1) is 26.9. The second kappa shape index (κ2) is 11.5. The minimum absolute atomic E-state index is 0.185. The molecule has 1 unspecified atom stereocenters. The van der Waals surface area contributed by atoms with Gasteiger partial charge in [-0.2, -0.15) is 0 Å². The smallest absolute Gasteiger partial charge is 0.338 e. The molecule has 0 saturated heterocycles. The highest BCUT2D eigenvalue weighted by atomic mass is 32.1. The Balaban J connectivity index is 1.92. The molecule has 0 saturated carbocycles. The summed E-state index contributed by atoms with van der Waals surface area (Å²) in [5.74, 6) is 0.212. The molecule has 0 aliphatic carbocycles. The summed E-state index contributed by atoms with van der Waals surface area (Å²) in [6.45, 7) is 7.15. The molecule has 0 spiro atoms. The Bertz CT molecular complexity index is 1600. The third-order valence-electron chi connectivity index (χ3n) is 5.77. The van der Waals surface area contributed by atoms with E-state index in [2.05, 4.69) is 4.99 Å². The number of esters is 2. The summed E-state index contributed by atoms with van der Waals surface area (Å²) in [5.41, 5.74) is 1.74. The normalized spacial score (nSPS) is 15.0. The summed E-state index contributed by atoms with van der Waals surface area (Å²) in [5, 5.41) is 0. The van der Waals surface area contributed by atoms with Gasteiger partial charge in [0.1, 0.15) is 11.8 Å². The summed E-state index contributed by atoms with van der Waals surface area (Å²) < 4.78 is 23.7. The number of rotatable bonds is 8. The maximum absolute atomic E-state index is 13.8. The van der Waals surface area contributed by atoms with E-state index in [1.165, 1.54) is 22.8 Å². The molecular formula is C28H28N2O7S. The van der Waals surface area contributed by atoms with Crippen LogP contribution < -0.4 is 29.1 Å². The van der Waals surface area contributed by atoms with Gasteiger partial charge in [0.05, 0.1) is 36.1 Å². The van der Waals surface area contributed by atoms with Gasteiger partial charge >= 0.3 is 11.9 Å². The average Bonchev–Trinajstić information content (AvgIpc) is 3.18. The van der Waals surface area contributed by atoms with Gasteiger partial charge in [0.15, 0.2) is 16.3 Å². The lowest BCUT2D eigenvalue weighted by Crippen LogP contribution is -2.40. The second-order valence-corrected chi connectivity index (χ2v) is 9.29. The minimum atomic E-state index is -0.783. The molecule has 1 aliphatic heterocycles. The number of hydrogen-bond donors (Lipinski definition) is 0. The highest BCUT2D eigenvalue weighted by molar-refractivity contribution is 7.07. The molecule has 1 atom stereocenters. The Kier molecular flexibility index (Phi) is 8.11. The topological polar surface area (TPSA) is 105 Å². The maximum atomic E-state index is 13.8. The molecule has 9 nitrogen and oxygen atoms in total. The van der Waals surface area contributed by atoms with Gasteiger partial charge in [0.2, 0.25) is 0 Å². The van der Waals surface area contributed by atoms with Crippen LogP contribution in [0.25, 0.3) is 6.08 Å². The van der Waals surface area contributed by atoms with E-state index in [0.29, 0.717) is 50.0 Å². The van der Waals surface area contributed by atoms with Crippen LogP contribution in [0, 0.1) is 0 Å². The first-order valence-electron chi connectivity index (χ1n) is 12.1. The molecule has 4 rings (SSSR count). The van der Waals surface area contributed by atoms with Crippen LogP contribution in [0.3, 0.4) is 0 Å². The van der Waals surface area contributed by atoms with Crippen molar-refractivity contribution in [2.75, 3.05) is 20.3 Å². The highest BCUT2D eigenvalue weighted by Crippen LogP contribution is 2.35. The predicted octanol–water partition coefficient (Wildman–Crippen LogP) is 3.13. The Morgan fingerprint density at radius 3 is 2.53 bits per heavy atom. The molecule has 1 aromatic heterocycles. The molecule has 0 radical (unpaired) electrons. The molecule has 0 fully saturated rings. The number of fused-ring (bicyclic) bond motifs is 1. The van der Waals surface area contributed by atoms with E-state index in [9.17, 15) is 14.4 Å². The summed E-state index contributed by atoms with van der Waals surface area (Å²) in [6.07, 6.45) is 1.71. The first-order chi connectivity index (χ1) is 18.3. The standard InChI is InChI=1S/C28H28N2O7S/c1-6-35-22-14-18(12-13-21(22)37-17(4)31)15-23-26(32)30-25(19-10-8-9-11-20(19)34-5)24(27(33)36-7-2)16(3)29-28(30)38-23/h8-15,25H,6-7H2,1-5H3/b23-15-. The average molecular weight is 537 g/mol. The fourth-order valence-corrected chi connectivity index (χ4v) is 5.30. The van der Waals surface area contributed by atoms with E-state index in [0.717, 1.165) is 0 Å². The summed E-state index contributed by atoms with van der Waals surface area (Å²) in [7, 11) is 1.54. The largest absolute Gasteiger partial charge is 0.496 e. The zero-order valence-electron chi connectivity index (χ0n) is 21.8. The zero-order valence-corrected chi connectivity index (χ0v) is 22.6. The molecule has 38 heavy (non-hydrogen) atoms. The second-order valence-electron chi connectivity index (χ2n) is 8.28. The summed E-state index contributed by atoms with van der Waals surface area (Å²) in [6, 6.07) is 11.5. The molecule has 0 bridgehead atoms. The van der Waals surface area contributed by atoms with Crippen molar-refractivity contribution in [1.82, 2.24) is 4.57 Å². The Morgan fingerprint density at radius 1 is 1.08 bits per heavy atom. The third kappa shape index (κ3) is 5.26. The molecule has 198 valence electrons. The van der Waals surface area contributed by atoms with Crippen molar-refractivity contribution in [2.45, 2.75) is 33.7 Å². The minimum Gasteiger partial charge on any atom is -0.496 e. The first-order valence-corrected chi connectivity index (χ1v) is 12.9. The number of nitrogens with zero attached hydrogens (tertiary/aromatic N) is 2. The Morgan fingerprint density at radius 2 is 1.84 bits per heavy atom. The van der Waals surface area contributed by atoms with E-state index in [4.69, 9.17) is 18.9 Å². The van der Waals surface area contributed by atoms with Gasteiger partial charge in [0, 0.05) is 12.5 Å². The van der Waals surface area contributed by atoms with Crippen molar-refractivity contribution >= 4 is 29.4 Å². The maximum Gasteiger partial charge on any atom is 0.338 e. The van der Waals surface area contributed by atoms with Gasteiger partial charge < -0.3 is 18.9 Å². The van der Waals surface area contributed by atoms with Gasteiger partial charge in [0.25, 0.3) is 5.56 Å². The highest BCUT2D eigenvalue weighted by Gasteiger charge is 2.34. The van der Waals surface area contributed by atoms with Crippen molar-refractivity contribution in [3.63, 3.8) is 0 Å². The molecule has 2 aromatic carbocycles. The molecule has 10 heteroatoms. The lowest BCUT2D eigenvalue weighted by Gasteiger charge is -2.25. The van der Waals surface area contributed by atoms with Crippen LogP contribution in [0.15, 0.2) is 63.5 Å². The van der Waals surface area contributed by atoms with E-state index in [-0.39, 0.29) is 17.7 Å². The van der Waals surface area contributed by atoms with Crippen LogP contribution in [0.1, 0.15) is 44.9 Å². The van der Waals surface area contributed by atoms with Gasteiger partial charge in [-0.3, -0.25) is 14.2 Å². The SMILES string of the molecule is CCOC(=O)C1=C(C)N=c2s/c(=C\c3ccc(OC(C)=O)c(OCC)c3)c(=O)n2C1c1ccccc1OC. The van der Waals surface area contributed by atoms with E-state index >= 15 is 0 Å². The Hall–Kier alpha value is -4.18. The Labute approximate surface area is 223 Å². The molecule has 2 heterocycles. The summed E-state index contributed by atoms with van der Waals surface area (Å²) in [4.78, 5) is 43.4. The molecule has 0 N–H and O–H groups in total. The predicted molar refractivity (Wildman–Crippen MR) is 142 cm³/mol. The van der Waals surface area contributed by atoms with Gasteiger partial charge in [-0.1, -0.05) is 35.6 Å². The fraction of sp³-hybridized carbons (Fsp3) is 0.286. The third-order valence-corrected chi connectivity index (χ3v) is 6.75. The lowest BCUT2D eigenvalue weighted by atomic mass is 9.95. The monoisotopic (exact) mass is 536 g/mol. The number of carbonyl (C=O) groups excluding carboxylic acids is 2. The van der Waals surface area contributed by atoms with Gasteiger partial charge in [-0.05, 0) is 50.6 Å². The van der Waals surface area contributed by atoms with Crippen LogP contribution in [-0.2, 0) is 14.3 Å². The van der Waals surface area contributed by atoms with E-state index < -0.39 is 18.0 Å². The van der Waals surface area contributed by atoms with E-state index in [1.807, 2.05) is 25.1 Å². The van der Waals surface area contributed by atoms with Gasteiger partial charge in [-0.25, -0.2) is 9.79 Å². The van der Waals surface area contributed by atoms with Crippen LogP contribution in [0.2, 0.25) is 0 Å². The van der Waals surface area contributed by atoms with Crippen LogP contribution in [-0.4, -0.2) is 36.8 Å².